The molecule has 0 saturated carbocycles. The molecule has 0 bridgehead atoms. The number of benzene rings is 2. The van der Waals surface area contributed by atoms with E-state index in [1.165, 1.54) is 4.79 Å². The van der Waals surface area contributed by atoms with E-state index in [0.717, 1.165) is 22.8 Å². The summed E-state index contributed by atoms with van der Waals surface area (Å²) in [5.41, 5.74) is 2.92. The first-order valence-electron chi connectivity index (χ1n) is 7.54. The number of hydrogen-bond acceptors (Lipinski definition) is 4. The Morgan fingerprint density at radius 1 is 1.08 bits per heavy atom. The zero-order chi connectivity index (χ0) is 17.1. The summed E-state index contributed by atoms with van der Waals surface area (Å²) in [7, 11) is 1.62. The van der Waals surface area contributed by atoms with Gasteiger partial charge >= 0.3 is 0 Å². The highest BCUT2D eigenvalue weighted by Gasteiger charge is 2.21. The van der Waals surface area contributed by atoms with E-state index in [0.29, 0.717) is 5.56 Å². The lowest BCUT2D eigenvalue weighted by molar-refractivity contribution is -0.762. The van der Waals surface area contributed by atoms with Crippen LogP contribution in [0.1, 0.15) is 17.0 Å². The van der Waals surface area contributed by atoms with E-state index >= 15 is 0 Å². The Hall–Kier alpha value is -3.15. The van der Waals surface area contributed by atoms with Crippen molar-refractivity contribution in [2.75, 3.05) is 7.11 Å². The van der Waals surface area contributed by atoms with Crippen molar-refractivity contribution in [1.82, 2.24) is 9.90 Å². The summed E-state index contributed by atoms with van der Waals surface area (Å²) in [6, 6.07) is 16.4. The van der Waals surface area contributed by atoms with Crippen LogP contribution in [0.2, 0.25) is 0 Å². The minimum Gasteiger partial charge on any atom is -0.856 e. The molecule has 0 unspecified atom stereocenters. The fraction of sp³-hybridized carbons (Fsp3) is 0.167. The van der Waals surface area contributed by atoms with Crippen molar-refractivity contribution < 1.29 is 14.6 Å². The topological polar surface area (TPSA) is 66.3 Å². The standard InChI is InChI=1S/C18H18N4O2/c1-13-14(2)21(20-18(23)15-7-5-4-6-8-15)22(19-13)16-9-11-17(24-3)12-10-16/h4-12H,1-3H3. The lowest BCUT2D eigenvalue weighted by Crippen LogP contribution is -2.43. The van der Waals surface area contributed by atoms with Gasteiger partial charge in [0.15, 0.2) is 0 Å². The van der Waals surface area contributed by atoms with Crippen molar-refractivity contribution in [3.8, 4) is 11.4 Å². The average molecular weight is 322 g/mol. The van der Waals surface area contributed by atoms with E-state index in [-0.39, 0.29) is 5.90 Å². The van der Waals surface area contributed by atoms with Crippen LogP contribution < -0.4 is 14.6 Å². The average Bonchev–Trinajstić information content (AvgIpc) is 2.91. The quantitative estimate of drug-likeness (QED) is 0.414. The van der Waals surface area contributed by atoms with E-state index < -0.39 is 0 Å². The normalized spacial score (nSPS) is 11.5. The van der Waals surface area contributed by atoms with Gasteiger partial charge in [-0.1, -0.05) is 35.4 Å². The van der Waals surface area contributed by atoms with Gasteiger partial charge in [0.25, 0.3) is 0 Å². The zero-order valence-corrected chi connectivity index (χ0v) is 13.8. The number of ether oxygens (including phenoxy) is 1. The van der Waals surface area contributed by atoms with Crippen LogP contribution in [0.3, 0.4) is 0 Å². The zero-order valence-electron chi connectivity index (χ0n) is 13.8. The molecule has 6 nitrogen and oxygen atoms in total. The number of methoxy groups -OCH3 is 1. The number of nitrogens with zero attached hydrogens (tertiary/aromatic N) is 4. The Bertz CT molecular complexity index is 868. The molecule has 0 amide bonds. The number of hydrogen-bond donors (Lipinski definition) is 0. The summed E-state index contributed by atoms with van der Waals surface area (Å²) in [6.45, 7) is 3.76. The van der Waals surface area contributed by atoms with Crippen LogP contribution in [-0.2, 0) is 0 Å². The maximum Gasteiger partial charge on any atom is 0.222 e. The fourth-order valence-corrected chi connectivity index (χ4v) is 2.27. The van der Waals surface area contributed by atoms with Gasteiger partial charge in [0.2, 0.25) is 11.4 Å². The van der Waals surface area contributed by atoms with Crippen LogP contribution in [0.4, 0.5) is 0 Å². The van der Waals surface area contributed by atoms with Gasteiger partial charge in [-0.05, 0) is 34.6 Å². The van der Waals surface area contributed by atoms with Crippen molar-refractivity contribution in [3.05, 3.63) is 71.5 Å². The summed E-state index contributed by atoms with van der Waals surface area (Å²) in [6.07, 6.45) is 0. The van der Waals surface area contributed by atoms with E-state index in [4.69, 9.17) is 4.74 Å². The molecule has 3 aromatic rings. The number of aromatic nitrogens is 3. The maximum atomic E-state index is 12.4. The molecule has 24 heavy (non-hydrogen) atoms. The van der Waals surface area contributed by atoms with Crippen molar-refractivity contribution in [2.24, 2.45) is 5.10 Å². The Kier molecular flexibility index (Phi) is 4.29. The molecular weight excluding hydrogens is 304 g/mol. The third-order valence-electron chi connectivity index (χ3n) is 3.76. The third-order valence-corrected chi connectivity index (χ3v) is 3.76. The van der Waals surface area contributed by atoms with E-state index in [1.807, 2.05) is 56.3 Å². The Morgan fingerprint density at radius 2 is 1.75 bits per heavy atom. The van der Waals surface area contributed by atoms with Gasteiger partial charge in [0.1, 0.15) is 11.4 Å². The molecular formula is C18H18N4O2. The second kappa shape index (κ2) is 6.54. The summed E-state index contributed by atoms with van der Waals surface area (Å²) in [5, 5.41) is 21.1. The molecule has 0 spiro atoms. The first kappa shape index (κ1) is 15.7. The van der Waals surface area contributed by atoms with Gasteiger partial charge in [-0.25, -0.2) is 0 Å². The molecule has 1 heterocycles. The molecule has 2 aromatic carbocycles. The van der Waals surface area contributed by atoms with E-state index in [1.54, 1.807) is 24.0 Å². The highest BCUT2D eigenvalue weighted by molar-refractivity contribution is 5.89. The van der Waals surface area contributed by atoms with Gasteiger partial charge in [-0.3, -0.25) is 0 Å². The van der Waals surface area contributed by atoms with Crippen LogP contribution in [-0.4, -0.2) is 22.9 Å². The molecule has 122 valence electrons. The lowest BCUT2D eigenvalue weighted by atomic mass is 10.2. The summed E-state index contributed by atoms with van der Waals surface area (Å²) < 4.78 is 5.17. The highest BCUT2D eigenvalue weighted by Crippen LogP contribution is 2.14. The summed E-state index contributed by atoms with van der Waals surface area (Å²) in [5.74, 6) is 0.432. The monoisotopic (exact) mass is 322 g/mol. The predicted molar refractivity (Wildman–Crippen MR) is 88.2 cm³/mol. The molecule has 0 radical (unpaired) electrons. The molecule has 0 saturated heterocycles. The van der Waals surface area contributed by atoms with Crippen LogP contribution in [0.15, 0.2) is 59.7 Å². The second-order valence-corrected chi connectivity index (χ2v) is 5.32. The van der Waals surface area contributed by atoms with Crippen molar-refractivity contribution in [3.63, 3.8) is 0 Å². The summed E-state index contributed by atoms with van der Waals surface area (Å²) >= 11 is 0. The molecule has 6 heteroatoms. The van der Waals surface area contributed by atoms with Gasteiger partial charge < -0.3 is 9.84 Å². The minimum atomic E-state index is -0.321. The first-order chi connectivity index (χ1) is 11.6. The smallest absolute Gasteiger partial charge is 0.222 e. The highest BCUT2D eigenvalue weighted by atomic mass is 16.5. The lowest BCUT2D eigenvalue weighted by Gasteiger charge is -2.08. The molecule has 0 aliphatic carbocycles. The first-order valence-corrected chi connectivity index (χ1v) is 7.54. The van der Waals surface area contributed by atoms with Crippen LogP contribution >= 0.6 is 0 Å². The van der Waals surface area contributed by atoms with E-state index in [9.17, 15) is 5.11 Å². The third kappa shape index (κ3) is 2.99. The van der Waals surface area contributed by atoms with Crippen molar-refractivity contribution >= 4 is 5.90 Å². The predicted octanol–water partition coefficient (Wildman–Crippen LogP) is 1.36. The molecule has 0 aliphatic rings. The fourth-order valence-electron chi connectivity index (χ4n) is 2.27. The maximum absolute atomic E-state index is 12.4. The molecule has 0 atom stereocenters. The van der Waals surface area contributed by atoms with Gasteiger partial charge in [-0.15, -0.1) is 0 Å². The Morgan fingerprint density at radius 3 is 2.38 bits per heavy atom. The minimum absolute atomic E-state index is 0.321. The molecule has 0 fully saturated rings. The molecule has 0 N–H and O–H groups in total. The molecule has 1 aromatic heterocycles. The van der Waals surface area contributed by atoms with Crippen LogP contribution in [0, 0.1) is 13.8 Å². The van der Waals surface area contributed by atoms with Crippen molar-refractivity contribution in [1.29, 1.82) is 0 Å². The number of aryl methyl sites for hydroxylation is 1. The van der Waals surface area contributed by atoms with Crippen LogP contribution in [0.5, 0.6) is 5.75 Å². The second-order valence-electron chi connectivity index (χ2n) is 5.32. The molecule has 3 rings (SSSR count). The van der Waals surface area contributed by atoms with Gasteiger partial charge in [-0.2, -0.15) is 0 Å². The Balaban J connectivity index is 2.07. The Labute approximate surface area is 140 Å². The van der Waals surface area contributed by atoms with E-state index in [2.05, 4.69) is 10.2 Å². The van der Waals surface area contributed by atoms with Gasteiger partial charge in [0, 0.05) is 24.5 Å². The van der Waals surface area contributed by atoms with Crippen molar-refractivity contribution in [2.45, 2.75) is 13.8 Å². The number of rotatable bonds is 4. The largest absolute Gasteiger partial charge is 0.856 e. The van der Waals surface area contributed by atoms with Gasteiger partial charge in [0.05, 0.1) is 12.2 Å². The SMILES string of the molecule is COc1ccc(-n2nc(C)c(C)[n+]2/N=C(\[O-])c2ccccc2)cc1. The van der Waals surface area contributed by atoms with Crippen LogP contribution in [0.25, 0.3) is 5.69 Å². The summed E-state index contributed by atoms with van der Waals surface area (Å²) in [4.78, 5) is 3.12. The molecule has 0 aliphatic heterocycles.